The van der Waals surface area contributed by atoms with Crippen LogP contribution in [0.2, 0.25) is 0 Å². The second-order valence-electron chi connectivity index (χ2n) is 4.65. The molecule has 0 aliphatic heterocycles. The molecule has 20 heavy (non-hydrogen) atoms. The molecule has 0 atom stereocenters. The van der Waals surface area contributed by atoms with E-state index >= 15 is 0 Å². The van der Waals surface area contributed by atoms with Crippen molar-refractivity contribution in [2.45, 2.75) is 36.9 Å². The molecular weight excluding hydrogens is 274 g/mol. The zero-order valence-electron chi connectivity index (χ0n) is 11.6. The van der Waals surface area contributed by atoms with Crippen LogP contribution < -0.4 is 17.2 Å². The summed E-state index contributed by atoms with van der Waals surface area (Å²) in [5, 5.41) is 1.16. The van der Waals surface area contributed by atoms with Crippen LogP contribution in [-0.4, -0.2) is 19.9 Å². The minimum atomic E-state index is 0.184. The van der Waals surface area contributed by atoms with Crippen molar-refractivity contribution in [1.29, 1.82) is 0 Å². The van der Waals surface area contributed by atoms with Gasteiger partial charge in [0.1, 0.15) is 28.3 Å². The lowest BCUT2D eigenvalue weighted by atomic mass is 10.2. The molecule has 0 radical (unpaired) electrons. The molecule has 0 aliphatic carbocycles. The van der Waals surface area contributed by atoms with Crippen molar-refractivity contribution in [2.75, 3.05) is 17.2 Å². The summed E-state index contributed by atoms with van der Waals surface area (Å²) in [6, 6.07) is 1.50. The fraction of sp³-hybridized carbons (Fsp3) is 0.333. The minimum absolute atomic E-state index is 0.184. The minimum Gasteiger partial charge on any atom is -0.383 e. The monoisotopic (exact) mass is 291 g/mol. The molecule has 0 aliphatic rings. The number of aromatic nitrogens is 4. The van der Waals surface area contributed by atoms with Gasteiger partial charge in [0.15, 0.2) is 5.16 Å². The number of anilines is 3. The smallest absolute Gasteiger partial charge is 0.197 e. The normalized spacial score (nSPS) is 11.0. The summed E-state index contributed by atoms with van der Waals surface area (Å²) in [5.41, 5.74) is 18.0. The van der Waals surface area contributed by atoms with Crippen LogP contribution >= 0.6 is 11.8 Å². The lowest BCUT2D eigenvalue weighted by Gasteiger charge is -2.11. The van der Waals surface area contributed by atoms with E-state index in [4.69, 9.17) is 17.2 Å². The van der Waals surface area contributed by atoms with Crippen LogP contribution in [0.1, 0.15) is 31.2 Å². The van der Waals surface area contributed by atoms with Gasteiger partial charge >= 0.3 is 0 Å². The second kappa shape index (κ2) is 5.49. The zero-order valence-corrected chi connectivity index (χ0v) is 12.4. The van der Waals surface area contributed by atoms with Crippen LogP contribution in [-0.2, 0) is 0 Å². The van der Waals surface area contributed by atoms with Crippen molar-refractivity contribution in [3.63, 3.8) is 0 Å². The van der Waals surface area contributed by atoms with Crippen LogP contribution in [0.25, 0.3) is 0 Å². The Balaban J connectivity index is 2.42. The highest BCUT2D eigenvalue weighted by atomic mass is 32.2. The summed E-state index contributed by atoms with van der Waals surface area (Å²) in [4.78, 5) is 17.0. The second-order valence-corrected chi connectivity index (χ2v) is 5.61. The van der Waals surface area contributed by atoms with E-state index in [2.05, 4.69) is 19.9 Å². The third-order valence-electron chi connectivity index (χ3n) is 2.61. The lowest BCUT2D eigenvalue weighted by Crippen LogP contribution is -2.06. The summed E-state index contributed by atoms with van der Waals surface area (Å²) < 4.78 is 0. The van der Waals surface area contributed by atoms with Crippen molar-refractivity contribution in [3.05, 3.63) is 17.5 Å². The molecule has 7 nitrogen and oxygen atoms in total. The van der Waals surface area contributed by atoms with Crippen molar-refractivity contribution in [1.82, 2.24) is 19.9 Å². The molecule has 0 fully saturated rings. The molecule has 2 heterocycles. The van der Waals surface area contributed by atoms with Crippen molar-refractivity contribution in [2.24, 2.45) is 0 Å². The van der Waals surface area contributed by atoms with E-state index in [9.17, 15) is 0 Å². The molecule has 2 rings (SSSR count). The summed E-state index contributed by atoms with van der Waals surface area (Å²) >= 11 is 1.27. The first-order chi connectivity index (χ1) is 9.36. The predicted octanol–water partition coefficient (Wildman–Crippen LogP) is 1.60. The summed E-state index contributed by atoms with van der Waals surface area (Å²) in [7, 11) is 0. The first-order valence-electron chi connectivity index (χ1n) is 6.08. The molecule has 0 spiro atoms. The number of hydrogen-bond acceptors (Lipinski definition) is 8. The fourth-order valence-corrected chi connectivity index (χ4v) is 2.35. The lowest BCUT2D eigenvalue weighted by molar-refractivity contribution is 0.750. The van der Waals surface area contributed by atoms with Gasteiger partial charge in [-0.1, -0.05) is 13.8 Å². The number of nitrogens with two attached hydrogens (primary N) is 3. The van der Waals surface area contributed by atoms with Gasteiger partial charge < -0.3 is 17.2 Å². The van der Waals surface area contributed by atoms with Gasteiger partial charge in [-0.25, -0.2) is 19.9 Å². The van der Waals surface area contributed by atoms with E-state index in [-0.39, 0.29) is 5.92 Å². The van der Waals surface area contributed by atoms with E-state index in [0.717, 1.165) is 5.56 Å². The van der Waals surface area contributed by atoms with E-state index in [0.29, 0.717) is 33.5 Å². The topological polar surface area (TPSA) is 130 Å². The summed E-state index contributed by atoms with van der Waals surface area (Å²) in [6.45, 7) is 5.87. The maximum atomic E-state index is 5.92. The molecule has 0 unspecified atom stereocenters. The Labute approximate surface area is 121 Å². The number of hydrogen-bond donors (Lipinski definition) is 3. The SMILES string of the molecule is Cc1c(N)nc(C(C)C)nc1Sc1nc(N)cc(N)n1. The fourth-order valence-electron chi connectivity index (χ4n) is 1.48. The zero-order chi connectivity index (χ0) is 14.9. The van der Waals surface area contributed by atoms with Gasteiger partial charge in [-0.3, -0.25) is 0 Å². The van der Waals surface area contributed by atoms with E-state index in [1.54, 1.807) is 0 Å². The van der Waals surface area contributed by atoms with E-state index in [1.807, 2.05) is 20.8 Å². The van der Waals surface area contributed by atoms with Crippen LogP contribution in [0.4, 0.5) is 17.5 Å². The Morgan fingerprint density at radius 1 is 1.00 bits per heavy atom. The van der Waals surface area contributed by atoms with Crippen LogP contribution in [0.3, 0.4) is 0 Å². The molecule has 8 heteroatoms. The maximum Gasteiger partial charge on any atom is 0.197 e. The highest BCUT2D eigenvalue weighted by molar-refractivity contribution is 7.99. The Hall–Kier alpha value is -2.09. The molecule has 0 bridgehead atoms. The average molecular weight is 291 g/mol. The van der Waals surface area contributed by atoms with Gasteiger partial charge in [0.25, 0.3) is 0 Å². The highest BCUT2D eigenvalue weighted by Gasteiger charge is 2.14. The van der Waals surface area contributed by atoms with Crippen molar-refractivity contribution in [3.8, 4) is 0 Å². The predicted molar refractivity (Wildman–Crippen MR) is 80.3 cm³/mol. The van der Waals surface area contributed by atoms with Gasteiger partial charge in [0.2, 0.25) is 0 Å². The van der Waals surface area contributed by atoms with Gasteiger partial charge in [0.05, 0.1) is 0 Å². The molecule has 0 aromatic carbocycles. The maximum absolute atomic E-state index is 5.92. The van der Waals surface area contributed by atoms with Gasteiger partial charge in [-0.05, 0) is 18.7 Å². The summed E-state index contributed by atoms with van der Waals surface area (Å²) in [5.74, 6) is 1.98. The third kappa shape index (κ3) is 3.08. The Morgan fingerprint density at radius 3 is 2.15 bits per heavy atom. The van der Waals surface area contributed by atoms with Gasteiger partial charge in [-0.15, -0.1) is 0 Å². The van der Waals surface area contributed by atoms with Crippen molar-refractivity contribution >= 4 is 29.2 Å². The van der Waals surface area contributed by atoms with E-state index in [1.165, 1.54) is 17.8 Å². The average Bonchev–Trinajstić information content (AvgIpc) is 2.33. The largest absolute Gasteiger partial charge is 0.383 e. The van der Waals surface area contributed by atoms with Crippen LogP contribution in [0.5, 0.6) is 0 Å². The number of rotatable bonds is 3. The molecule has 0 amide bonds. The highest BCUT2D eigenvalue weighted by Crippen LogP contribution is 2.30. The number of nitrogen functional groups attached to an aromatic ring is 3. The Morgan fingerprint density at radius 2 is 1.60 bits per heavy atom. The Kier molecular flexibility index (Phi) is 3.93. The molecule has 0 saturated heterocycles. The van der Waals surface area contributed by atoms with Gasteiger partial charge in [0, 0.05) is 17.5 Å². The quantitative estimate of drug-likeness (QED) is 0.574. The summed E-state index contributed by atoms with van der Waals surface area (Å²) in [6.07, 6.45) is 0. The van der Waals surface area contributed by atoms with Crippen LogP contribution in [0.15, 0.2) is 16.2 Å². The van der Waals surface area contributed by atoms with Crippen molar-refractivity contribution < 1.29 is 0 Å². The van der Waals surface area contributed by atoms with E-state index < -0.39 is 0 Å². The standard InChI is InChI=1S/C12H17N7S/c1-5(2)10-18-9(15)6(3)11(19-10)20-12-16-7(13)4-8(14)17-12/h4-5H,1-3H3,(H2,15,18,19)(H4,13,14,16,17). The molecule has 106 valence electrons. The van der Waals surface area contributed by atoms with Crippen LogP contribution in [0, 0.1) is 6.92 Å². The number of nitrogens with zero attached hydrogens (tertiary/aromatic N) is 4. The first-order valence-corrected chi connectivity index (χ1v) is 6.90. The molecule has 2 aromatic rings. The molecule has 0 saturated carbocycles. The molecule has 6 N–H and O–H groups in total. The third-order valence-corrected chi connectivity index (χ3v) is 3.56. The van der Waals surface area contributed by atoms with Gasteiger partial charge in [-0.2, -0.15) is 0 Å². The molecule has 2 aromatic heterocycles. The first kappa shape index (κ1) is 14.3. The molecular formula is C12H17N7S. The Bertz CT molecular complexity index is 622.